The molecule has 1 aromatic heterocycles. The Bertz CT molecular complexity index is 618. The first-order valence-corrected chi connectivity index (χ1v) is 5.46. The molecule has 1 aromatic carbocycles. The number of nitrogens with one attached hydrogen (secondary N) is 2. The van der Waals surface area contributed by atoms with Crippen LogP contribution in [-0.2, 0) is 0 Å². The Morgan fingerprint density at radius 1 is 1.32 bits per heavy atom. The maximum absolute atomic E-state index is 13.1. The van der Waals surface area contributed by atoms with E-state index in [2.05, 4.69) is 15.6 Å². The Morgan fingerprint density at radius 2 is 2.11 bits per heavy atom. The fraction of sp³-hybridized carbons (Fsp3) is 0.0833. The number of anilines is 3. The molecule has 2 rings (SSSR count). The van der Waals surface area contributed by atoms with Crippen molar-refractivity contribution in [1.82, 2.24) is 4.98 Å². The van der Waals surface area contributed by atoms with Crippen molar-refractivity contribution in [2.75, 3.05) is 17.7 Å². The maximum Gasteiger partial charge on any atom is 0.311 e. The highest BCUT2D eigenvalue weighted by Gasteiger charge is 2.16. The molecule has 0 atom stereocenters. The second-order valence-corrected chi connectivity index (χ2v) is 3.71. The molecule has 0 fully saturated rings. The van der Waals surface area contributed by atoms with Crippen LogP contribution in [0.3, 0.4) is 0 Å². The summed E-state index contributed by atoms with van der Waals surface area (Å²) in [7, 11) is 1.65. The third-order valence-corrected chi connectivity index (χ3v) is 2.41. The summed E-state index contributed by atoms with van der Waals surface area (Å²) in [6.07, 6.45) is 0. The molecule has 0 spiro atoms. The van der Waals surface area contributed by atoms with Gasteiger partial charge < -0.3 is 10.6 Å². The summed E-state index contributed by atoms with van der Waals surface area (Å²) < 4.78 is 13.1. The fourth-order valence-electron chi connectivity index (χ4n) is 1.53. The van der Waals surface area contributed by atoms with Crippen LogP contribution in [0.25, 0.3) is 0 Å². The number of nitrogens with zero attached hydrogens (tertiary/aromatic N) is 2. The Labute approximate surface area is 108 Å². The highest BCUT2D eigenvalue weighted by molar-refractivity contribution is 5.67. The van der Waals surface area contributed by atoms with E-state index in [0.717, 1.165) is 0 Å². The van der Waals surface area contributed by atoms with Gasteiger partial charge in [0.25, 0.3) is 0 Å². The van der Waals surface area contributed by atoms with Crippen molar-refractivity contribution in [2.45, 2.75) is 0 Å². The van der Waals surface area contributed by atoms with Gasteiger partial charge in [-0.15, -0.1) is 0 Å². The van der Waals surface area contributed by atoms with E-state index in [0.29, 0.717) is 11.5 Å². The van der Waals surface area contributed by atoms with E-state index in [4.69, 9.17) is 0 Å². The number of hydrogen-bond donors (Lipinski definition) is 2. The van der Waals surface area contributed by atoms with Crippen molar-refractivity contribution in [2.24, 2.45) is 0 Å². The first-order valence-electron chi connectivity index (χ1n) is 5.46. The van der Waals surface area contributed by atoms with Gasteiger partial charge in [0.2, 0.25) is 5.82 Å². The lowest BCUT2D eigenvalue weighted by atomic mass is 10.3. The molecule has 19 heavy (non-hydrogen) atoms. The summed E-state index contributed by atoms with van der Waals surface area (Å²) in [4.78, 5) is 14.4. The third-order valence-electron chi connectivity index (χ3n) is 2.41. The first-order chi connectivity index (χ1) is 9.10. The van der Waals surface area contributed by atoms with Gasteiger partial charge in [0, 0.05) is 18.8 Å². The van der Waals surface area contributed by atoms with Crippen molar-refractivity contribution >= 4 is 23.0 Å². The van der Waals surface area contributed by atoms with Crippen molar-refractivity contribution < 1.29 is 9.31 Å². The Balaban J connectivity index is 2.39. The monoisotopic (exact) mass is 262 g/mol. The van der Waals surface area contributed by atoms with Gasteiger partial charge in [-0.2, -0.15) is 0 Å². The molecule has 0 saturated carbocycles. The summed E-state index contributed by atoms with van der Waals surface area (Å²) in [6.45, 7) is 0. The van der Waals surface area contributed by atoms with E-state index < -0.39 is 10.7 Å². The van der Waals surface area contributed by atoms with Crippen molar-refractivity contribution in [3.8, 4) is 0 Å². The average molecular weight is 262 g/mol. The van der Waals surface area contributed by atoms with E-state index in [1.54, 1.807) is 13.1 Å². The van der Waals surface area contributed by atoms with E-state index in [9.17, 15) is 14.5 Å². The molecule has 2 N–H and O–H groups in total. The largest absolute Gasteiger partial charge is 0.373 e. The van der Waals surface area contributed by atoms with Crippen LogP contribution >= 0.6 is 0 Å². The molecular weight excluding hydrogens is 251 g/mol. The molecule has 0 bridgehead atoms. The van der Waals surface area contributed by atoms with Gasteiger partial charge in [0.05, 0.1) is 4.92 Å². The zero-order chi connectivity index (χ0) is 13.8. The molecular formula is C12H11FN4O2. The number of aromatic nitrogens is 1. The average Bonchev–Trinajstić information content (AvgIpc) is 2.38. The molecule has 0 unspecified atom stereocenters. The standard InChI is InChI=1S/C12H11FN4O2/c1-14-11-6-5-10(17(18)19)12(16-11)15-9-4-2-3-8(13)7-9/h2-7H,1H3,(H2,14,15,16). The molecule has 98 valence electrons. The highest BCUT2D eigenvalue weighted by Crippen LogP contribution is 2.27. The smallest absolute Gasteiger partial charge is 0.311 e. The molecule has 0 aliphatic heterocycles. The summed E-state index contributed by atoms with van der Waals surface area (Å²) in [6, 6.07) is 8.45. The lowest BCUT2D eigenvalue weighted by molar-refractivity contribution is -0.384. The number of halogens is 1. The van der Waals surface area contributed by atoms with E-state index in [1.165, 1.54) is 30.3 Å². The minimum Gasteiger partial charge on any atom is -0.373 e. The number of benzene rings is 1. The fourth-order valence-corrected chi connectivity index (χ4v) is 1.53. The van der Waals surface area contributed by atoms with Crippen LogP contribution in [0.2, 0.25) is 0 Å². The lowest BCUT2D eigenvalue weighted by Crippen LogP contribution is -2.02. The van der Waals surface area contributed by atoms with Crippen LogP contribution in [0.15, 0.2) is 36.4 Å². The minimum absolute atomic E-state index is 0.0578. The molecule has 0 saturated heterocycles. The van der Waals surface area contributed by atoms with Crippen LogP contribution in [0, 0.1) is 15.9 Å². The molecule has 0 amide bonds. The van der Waals surface area contributed by atoms with Gasteiger partial charge in [0.1, 0.15) is 11.6 Å². The predicted octanol–water partition coefficient (Wildman–Crippen LogP) is 2.91. The zero-order valence-corrected chi connectivity index (χ0v) is 10.1. The Hall–Kier alpha value is -2.70. The molecule has 0 aliphatic rings. The van der Waals surface area contributed by atoms with Crippen LogP contribution in [0.1, 0.15) is 0 Å². The summed E-state index contributed by atoms with van der Waals surface area (Å²) >= 11 is 0. The Morgan fingerprint density at radius 3 is 2.74 bits per heavy atom. The predicted molar refractivity (Wildman–Crippen MR) is 70.1 cm³/mol. The van der Waals surface area contributed by atoms with Crippen molar-refractivity contribution in [3.63, 3.8) is 0 Å². The molecule has 2 aromatic rings. The molecule has 0 aliphatic carbocycles. The summed E-state index contributed by atoms with van der Waals surface area (Å²) in [5.41, 5.74) is 0.215. The topological polar surface area (TPSA) is 80.1 Å². The number of rotatable bonds is 4. The minimum atomic E-state index is -0.548. The number of hydrogen-bond acceptors (Lipinski definition) is 5. The second-order valence-electron chi connectivity index (χ2n) is 3.71. The molecule has 0 radical (unpaired) electrons. The SMILES string of the molecule is CNc1ccc([N+](=O)[O-])c(Nc2cccc(F)c2)n1. The molecule has 1 heterocycles. The van der Waals surface area contributed by atoms with Crippen molar-refractivity contribution in [3.05, 3.63) is 52.3 Å². The van der Waals surface area contributed by atoms with Crippen LogP contribution in [0.4, 0.5) is 27.4 Å². The Kier molecular flexibility index (Phi) is 3.56. The van der Waals surface area contributed by atoms with Gasteiger partial charge in [-0.3, -0.25) is 10.1 Å². The summed E-state index contributed by atoms with van der Waals surface area (Å²) in [5, 5.41) is 16.4. The van der Waals surface area contributed by atoms with Crippen LogP contribution < -0.4 is 10.6 Å². The molecule has 7 heteroatoms. The number of pyridine rings is 1. The van der Waals surface area contributed by atoms with Gasteiger partial charge >= 0.3 is 5.69 Å². The third kappa shape index (κ3) is 2.95. The zero-order valence-electron chi connectivity index (χ0n) is 10.1. The summed E-state index contributed by atoms with van der Waals surface area (Å²) in [5.74, 6) is 0.101. The van der Waals surface area contributed by atoms with Crippen molar-refractivity contribution in [1.29, 1.82) is 0 Å². The quantitative estimate of drug-likeness (QED) is 0.654. The van der Waals surface area contributed by atoms with Crippen LogP contribution in [0.5, 0.6) is 0 Å². The first kappa shape index (κ1) is 12.7. The van der Waals surface area contributed by atoms with Gasteiger partial charge in [-0.25, -0.2) is 9.37 Å². The van der Waals surface area contributed by atoms with E-state index in [1.807, 2.05) is 0 Å². The lowest BCUT2D eigenvalue weighted by Gasteiger charge is -2.08. The number of nitro groups is 1. The normalized spacial score (nSPS) is 10.0. The van der Waals surface area contributed by atoms with Gasteiger partial charge in [-0.05, 0) is 24.3 Å². The molecule has 6 nitrogen and oxygen atoms in total. The van der Waals surface area contributed by atoms with Gasteiger partial charge in [0.15, 0.2) is 0 Å². The second kappa shape index (κ2) is 5.30. The van der Waals surface area contributed by atoms with Crippen LogP contribution in [-0.4, -0.2) is 17.0 Å². The van der Waals surface area contributed by atoms with E-state index >= 15 is 0 Å². The maximum atomic E-state index is 13.1. The van der Waals surface area contributed by atoms with Gasteiger partial charge in [-0.1, -0.05) is 6.07 Å². The van der Waals surface area contributed by atoms with E-state index in [-0.39, 0.29) is 11.5 Å². The highest BCUT2D eigenvalue weighted by atomic mass is 19.1.